The summed E-state index contributed by atoms with van der Waals surface area (Å²) in [6, 6.07) is 6.99. The lowest BCUT2D eigenvalue weighted by molar-refractivity contribution is -0.140. The highest BCUT2D eigenvalue weighted by molar-refractivity contribution is 6.38. The second kappa shape index (κ2) is 11.2. The van der Waals surface area contributed by atoms with Gasteiger partial charge in [-0.05, 0) is 24.3 Å². The van der Waals surface area contributed by atoms with E-state index in [1.54, 1.807) is 20.0 Å². The number of nitrogens with one attached hydrogen (secondary N) is 3. The Balaban J connectivity index is 1.67. The van der Waals surface area contributed by atoms with Gasteiger partial charge in [-0.15, -0.1) is 5.10 Å². The minimum atomic E-state index is -1.17. The van der Waals surface area contributed by atoms with Gasteiger partial charge in [0.05, 0.1) is 18.4 Å². The van der Waals surface area contributed by atoms with E-state index in [9.17, 15) is 19.2 Å². The monoisotopic (exact) mass is 456 g/mol. The van der Waals surface area contributed by atoms with E-state index < -0.39 is 35.8 Å². The third-order valence-corrected chi connectivity index (χ3v) is 5.24. The van der Waals surface area contributed by atoms with Crippen LogP contribution in [0.4, 0.5) is 4.79 Å². The fraction of sp³-hybridized carbons (Fsp3) is 0.455. The van der Waals surface area contributed by atoms with Gasteiger partial charge in [-0.1, -0.05) is 49.4 Å². The molecule has 0 radical (unpaired) electrons. The zero-order valence-electron chi connectivity index (χ0n) is 18.6. The fourth-order valence-corrected chi connectivity index (χ4v) is 3.40. The van der Waals surface area contributed by atoms with Crippen molar-refractivity contribution in [3.05, 3.63) is 47.8 Å². The summed E-state index contributed by atoms with van der Waals surface area (Å²) in [5.41, 5.74) is 1.60. The third-order valence-electron chi connectivity index (χ3n) is 5.24. The van der Waals surface area contributed by atoms with Crippen LogP contribution in [0.3, 0.4) is 0 Å². The summed E-state index contributed by atoms with van der Waals surface area (Å²) in [7, 11) is 0. The molecule has 11 nitrogen and oxygen atoms in total. The number of amides is 3. The van der Waals surface area contributed by atoms with E-state index in [-0.39, 0.29) is 19.1 Å². The van der Waals surface area contributed by atoms with Crippen molar-refractivity contribution < 1.29 is 23.9 Å². The number of benzene rings is 1. The normalized spacial score (nSPS) is 17.5. The molecule has 1 aliphatic heterocycles. The van der Waals surface area contributed by atoms with Gasteiger partial charge in [0.15, 0.2) is 0 Å². The first kappa shape index (κ1) is 23.9. The van der Waals surface area contributed by atoms with E-state index >= 15 is 0 Å². The highest BCUT2D eigenvalue weighted by atomic mass is 16.5. The molecule has 1 aromatic carbocycles. The maximum Gasteiger partial charge on any atom is 0.408 e. The van der Waals surface area contributed by atoms with Crippen molar-refractivity contribution in [1.29, 1.82) is 0 Å². The molecule has 3 amide bonds. The summed E-state index contributed by atoms with van der Waals surface area (Å²) >= 11 is 0. The number of carbonyl (C=O) groups is 4. The maximum absolute atomic E-state index is 13.0. The minimum absolute atomic E-state index is 0.0450. The Morgan fingerprint density at radius 2 is 2.00 bits per heavy atom. The van der Waals surface area contributed by atoms with Gasteiger partial charge in [-0.25, -0.2) is 9.48 Å². The van der Waals surface area contributed by atoms with Gasteiger partial charge in [-0.3, -0.25) is 14.4 Å². The van der Waals surface area contributed by atoms with E-state index in [4.69, 9.17) is 4.74 Å². The number of aryl methyl sites for hydroxylation is 1. The molecule has 1 aromatic heterocycles. The second-order valence-corrected chi connectivity index (χ2v) is 8.12. The molecule has 176 valence electrons. The first-order valence-corrected chi connectivity index (χ1v) is 10.8. The average molecular weight is 457 g/mol. The van der Waals surface area contributed by atoms with Crippen LogP contribution in [0.1, 0.15) is 31.5 Å². The van der Waals surface area contributed by atoms with E-state index in [1.807, 2.05) is 30.3 Å². The molecule has 0 saturated heterocycles. The molecule has 2 atom stereocenters. The van der Waals surface area contributed by atoms with Crippen molar-refractivity contribution in [3.8, 4) is 0 Å². The topological polar surface area (TPSA) is 144 Å². The molecule has 33 heavy (non-hydrogen) atoms. The molecule has 2 heterocycles. The number of ketones is 1. The van der Waals surface area contributed by atoms with Crippen LogP contribution in [0.15, 0.2) is 36.5 Å². The number of fused-ring (bicyclic) bond motifs is 1. The standard InChI is InChI=1S/C22H28N6O5/c1-14(2)18(26-22(32)33-13-15-7-4-3-5-8-15)20(30)25-17-12-28-16(11-24-27-28)9-6-10-23-21(31)19(17)29/h3-5,7-8,11,14,17-18H,6,9-10,12-13H2,1-2H3,(H,23,31)(H,25,30)(H,26,32). The number of alkyl carbamates (subject to hydrolysis) is 1. The number of nitrogens with zero attached hydrogens (tertiary/aromatic N) is 3. The lowest BCUT2D eigenvalue weighted by Gasteiger charge is -2.25. The number of rotatable bonds is 6. The Hall–Kier alpha value is -3.76. The molecular formula is C22H28N6O5. The van der Waals surface area contributed by atoms with Crippen LogP contribution in [0, 0.1) is 5.92 Å². The Morgan fingerprint density at radius 3 is 2.73 bits per heavy atom. The van der Waals surface area contributed by atoms with E-state index in [1.165, 1.54) is 4.68 Å². The van der Waals surface area contributed by atoms with Gasteiger partial charge in [0.25, 0.3) is 5.91 Å². The predicted octanol–water partition coefficient (Wildman–Crippen LogP) is 0.345. The number of hydrogen-bond donors (Lipinski definition) is 3. The van der Waals surface area contributed by atoms with Crippen LogP contribution in [-0.4, -0.2) is 57.3 Å². The van der Waals surface area contributed by atoms with Gasteiger partial charge in [-0.2, -0.15) is 0 Å². The Labute approximate surface area is 191 Å². The van der Waals surface area contributed by atoms with Crippen molar-refractivity contribution in [2.45, 2.75) is 51.9 Å². The van der Waals surface area contributed by atoms with E-state index in [0.29, 0.717) is 19.4 Å². The molecule has 11 heteroatoms. The van der Waals surface area contributed by atoms with Gasteiger partial charge >= 0.3 is 6.09 Å². The first-order valence-electron chi connectivity index (χ1n) is 10.8. The predicted molar refractivity (Wildman–Crippen MR) is 117 cm³/mol. The van der Waals surface area contributed by atoms with Crippen LogP contribution in [-0.2, 0) is 38.7 Å². The quantitative estimate of drug-likeness (QED) is 0.532. The van der Waals surface area contributed by atoms with E-state index in [2.05, 4.69) is 26.3 Å². The fourth-order valence-electron chi connectivity index (χ4n) is 3.40. The Bertz CT molecular complexity index is 990. The molecule has 3 rings (SSSR count). The van der Waals surface area contributed by atoms with Crippen LogP contribution in [0.2, 0.25) is 0 Å². The molecule has 0 saturated carbocycles. The highest BCUT2D eigenvalue weighted by Crippen LogP contribution is 2.08. The third kappa shape index (κ3) is 6.61. The minimum Gasteiger partial charge on any atom is -0.445 e. The van der Waals surface area contributed by atoms with Crippen molar-refractivity contribution in [3.63, 3.8) is 0 Å². The molecule has 0 aliphatic carbocycles. The molecule has 0 fully saturated rings. The molecule has 1 aliphatic rings. The number of aromatic nitrogens is 3. The molecule has 0 spiro atoms. The van der Waals surface area contributed by atoms with Crippen molar-refractivity contribution in [2.75, 3.05) is 6.54 Å². The Kier molecular flexibility index (Phi) is 8.11. The van der Waals surface area contributed by atoms with Crippen LogP contribution >= 0.6 is 0 Å². The van der Waals surface area contributed by atoms with Crippen LogP contribution < -0.4 is 16.0 Å². The lowest BCUT2D eigenvalue weighted by Crippen LogP contribution is -2.56. The van der Waals surface area contributed by atoms with Crippen molar-refractivity contribution >= 4 is 23.7 Å². The zero-order chi connectivity index (χ0) is 23.8. The number of ether oxygens (including phenoxy) is 1. The molecule has 3 N–H and O–H groups in total. The summed E-state index contributed by atoms with van der Waals surface area (Å²) in [4.78, 5) is 50.2. The van der Waals surface area contributed by atoms with Gasteiger partial charge in [0.2, 0.25) is 11.7 Å². The molecule has 2 unspecified atom stereocenters. The smallest absolute Gasteiger partial charge is 0.408 e. The van der Waals surface area contributed by atoms with Gasteiger partial charge in [0, 0.05) is 6.54 Å². The molecule has 2 aromatic rings. The molecular weight excluding hydrogens is 428 g/mol. The largest absolute Gasteiger partial charge is 0.445 e. The van der Waals surface area contributed by atoms with E-state index in [0.717, 1.165) is 11.3 Å². The van der Waals surface area contributed by atoms with Gasteiger partial charge < -0.3 is 20.7 Å². The summed E-state index contributed by atoms with van der Waals surface area (Å²) in [6.45, 7) is 3.82. The second-order valence-electron chi connectivity index (χ2n) is 8.12. The zero-order valence-corrected chi connectivity index (χ0v) is 18.6. The summed E-state index contributed by atoms with van der Waals surface area (Å²) in [5.74, 6) is -2.48. The van der Waals surface area contributed by atoms with Crippen molar-refractivity contribution in [2.24, 2.45) is 5.92 Å². The number of hydrogen-bond acceptors (Lipinski definition) is 7. The summed E-state index contributed by atoms with van der Waals surface area (Å²) in [5, 5.41) is 15.5. The number of carbonyl (C=O) groups excluding carboxylic acids is 4. The highest BCUT2D eigenvalue weighted by Gasteiger charge is 2.33. The van der Waals surface area contributed by atoms with Crippen LogP contribution in [0.25, 0.3) is 0 Å². The molecule has 0 bridgehead atoms. The van der Waals surface area contributed by atoms with Gasteiger partial charge in [0.1, 0.15) is 18.7 Å². The lowest BCUT2D eigenvalue weighted by atomic mass is 10.0. The maximum atomic E-state index is 13.0. The Morgan fingerprint density at radius 1 is 1.24 bits per heavy atom. The summed E-state index contributed by atoms with van der Waals surface area (Å²) in [6.07, 6.45) is 2.08. The SMILES string of the molecule is CC(C)C(NC(=O)OCc1ccccc1)C(=O)NC1Cn2nncc2CCCNC(=O)C1=O. The first-order chi connectivity index (χ1) is 15.8. The van der Waals surface area contributed by atoms with Crippen molar-refractivity contribution in [1.82, 2.24) is 30.9 Å². The summed E-state index contributed by atoms with van der Waals surface area (Å²) < 4.78 is 6.71. The average Bonchev–Trinajstić information content (AvgIpc) is 3.24. The van der Waals surface area contributed by atoms with Crippen LogP contribution in [0.5, 0.6) is 0 Å². The number of Topliss-reactive ketones (excluding diaryl/α,β-unsaturated/α-hetero) is 1.